The van der Waals surface area contributed by atoms with E-state index in [0.717, 1.165) is 18.1 Å². The summed E-state index contributed by atoms with van der Waals surface area (Å²) in [5, 5.41) is 3.72. The van der Waals surface area contributed by atoms with Gasteiger partial charge in [-0.15, -0.1) is 11.3 Å². The highest BCUT2D eigenvalue weighted by molar-refractivity contribution is 7.19. The summed E-state index contributed by atoms with van der Waals surface area (Å²) >= 11 is 1.40. The number of carbonyl (C=O) groups is 1. The molecule has 0 atom stereocenters. The van der Waals surface area contributed by atoms with E-state index in [0.29, 0.717) is 22.9 Å². The molecule has 0 aromatic carbocycles. The molecule has 3 N–H and O–H groups in total. The normalized spacial score (nSPS) is 10.7. The van der Waals surface area contributed by atoms with Crippen LogP contribution in [0.4, 0.5) is 10.7 Å². The Hall–Kier alpha value is -1.43. The zero-order chi connectivity index (χ0) is 15.3. The Bertz CT molecular complexity index is 454. The summed E-state index contributed by atoms with van der Waals surface area (Å²) in [5.41, 5.74) is 6.57. The van der Waals surface area contributed by atoms with Crippen molar-refractivity contribution < 1.29 is 9.53 Å². The minimum Gasteiger partial charge on any atom is -0.486 e. The van der Waals surface area contributed by atoms with Crippen molar-refractivity contribution in [1.29, 1.82) is 0 Å². The molecule has 0 unspecified atom stereocenters. The molecule has 1 rings (SSSR count). The van der Waals surface area contributed by atoms with Gasteiger partial charge in [0.2, 0.25) is 0 Å². The van der Waals surface area contributed by atoms with Gasteiger partial charge in [-0.05, 0) is 34.6 Å². The molecule has 1 aromatic heterocycles. The van der Waals surface area contributed by atoms with Crippen molar-refractivity contribution in [3.05, 3.63) is 4.88 Å². The van der Waals surface area contributed by atoms with Crippen LogP contribution in [0.1, 0.15) is 44.3 Å². The van der Waals surface area contributed by atoms with Gasteiger partial charge >= 0.3 is 0 Å². The molecule has 1 amide bonds. The predicted octanol–water partition coefficient (Wildman–Crippen LogP) is 2.71. The van der Waals surface area contributed by atoms with Gasteiger partial charge in [-0.25, -0.2) is 0 Å². The van der Waals surface area contributed by atoms with Crippen LogP contribution in [0.2, 0.25) is 0 Å². The molecule has 20 heavy (non-hydrogen) atoms. The molecular weight excluding hydrogens is 274 g/mol. The summed E-state index contributed by atoms with van der Waals surface area (Å²) in [5.74, 6) is 0.497. The van der Waals surface area contributed by atoms with Gasteiger partial charge in [0.1, 0.15) is 15.6 Å². The first-order valence-corrected chi connectivity index (χ1v) is 7.89. The SMILES string of the molecule is CCNC(=O)c1sc(N(CC)CC)c(OC(C)C)c1N. The fraction of sp³-hybridized carbons (Fsp3) is 0.643. The van der Waals surface area contributed by atoms with Gasteiger partial charge in [0, 0.05) is 19.6 Å². The van der Waals surface area contributed by atoms with E-state index in [1.807, 2.05) is 20.8 Å². The van der Waals surface area contributed by atoms with E-state index in [2.05, 4.69) is 24.1 Å². The maximum Gasteiger partial charge on any atom is 0.263 e. The second kappa shape index (κ2) is 7.38. The number of amides is 1. The van der Waals surface area contributed by atoms with Crippen LogP contribution in [0, 0.1) is 0 Å². The van der Waals surface area contributed by atoms with E-state index in [1.54, 1.807) is 0 Å². The Kier molecular flexibility index (Phi) is 6.13. The topological polar surface area (TPSA) is 67.6 Å². The molecule has 0 bridgehead atoms. The highest BCUT2D eigenvalue weighted by Gasteiger charge is 2.25. The van der Waals surface area contributed by atoms with Gasteiger partial charge in [-0.3, -0.25) is 4.79 Å². The van der Waals surface area contributed by atoms with E-state index in [1.165, 1.54) is 11.3 Å². The smallest absolute Gasteiger partial charge is 0.263 e. The lowest BCUT2D eigenvalue weighted by Gasteiger charge is -2.21. The summed E-state index contributed by atoms with van der Waals surface area (Å²) in [6.07, 6.45) is 0.0169. The molecule has 1 aromatic rings. The predicted molar refractivity (Wildman–Crippen MR) is 86.1 cm³/mol. The zero-order valence-corrected chi connectivity index (χ0v) is 13.8. The number of hydrogen-bond donors (Lipinski definition) is 2. The fourth-order valence-corrected chi connectivity index (χ4v) is 3.09. The molecule has 0 aliphatic heterocycles. The van der Waals surface area contributed by atoms with Crippen molar-refractivity contribution >= 4 is 27.9 Å². The van der Waals surface area contributed by atoms with E-state index in [9.17, 15) is 4.79 Å². The molecule has 0 radical (unpaired) electrons. The Labute approximate surface area is 125 Å². The third-order valence-electron chi connectivity index (χ3n) is 2.83. The average molecular weight is 299 g/mol. The van der Waals surface area contributed by atoms with Gasteiger partial charge in [-0.2, -0.15) is 0 Å². The fourth-order valence-electron chi connectivity index (χ4n) is 1.89. The van der Waals surface area contributed by atoms with Gasteiger partial charge in [-0.1, -0.05) is 0 Å². The molecule has 1 heterocycles. The molecule has 114 valence electrons. The summed E-state index contributed by atoms with van der Waals surface area (Å²) in [7, 11) is 0. The minimum atomic E-state index is -0.137. The van der Waals surface area contributed by atoms with Gasteiger partial charge < -0.3 is 20.7 Å². The maximum absolute atomic E-state index is 12.1. The van der Waals surface area contributed by atoms with Crippen LogP contribution in [0.25, 0.3) is 0 Å². The molecule has 0 aliphatic rings. The number of ether oxygens (including phenoxy) is 1. The highest BCUT2D eigenvalue weighted by Crippen LogP contribution is 2.45. The lowest BCUT2D eigenvalue weighted by Crippen LogP contribution is -2.22. The van der Waals surface area contributed by atoms with Crippen molar-refractivity contribution in [3.63, 3.8) is 0 Å². The number of hydrogen-bond acceptors (Lipinski definition) is 5. The minimum absolute atomic E-state index is 0.0169. The third kappa shape index (κ3) is 3.56. The van der Waals surface area contributed by atoms with Gasteiger partial charge in [0.05, 0.1) is 6.10 Å². The average Bonchev–Trinajstić information content (AvgIpc) is 2.69. The van der Waals surface area contributed by atoms with Gasteiger partial charge in [0.15, 0.2) is 5.75 Å². The third-order valence-corrected chi connectivity index (χ3v) is 4.08. The van der Waals surface area contributed by atoms with E-state index >= 15 is 0 Å². The number of carbonyl (C=O) groups excluding carboxylic acids is 1. The van der Waals surface area contributed by atoms with E-state index < -0.39 is 0 Å². The summed E-state index contributed by atoms with van der Waals surface area (Å²) < 4.78 is 5.83. The lowest BCUT2D eigenvalue weighted by molar-refractivity contribution is 0.0960. The van der Waals surface area contributed by atoms with Crippen molar-refractivity contribution in [3.8, 4) is 5.75 Å². The first-order chi connectivity index (χ1) is 9.46. The Morgan fingerprint density at radius 3 is 2.40 bits per heavy atom. The number of nitrogens with one attached hydrogen (secondary N) is 1. The van der Waals surface area contributed by atoms with Crippen LogP contribution in [0.15, 0.2) is 0 Å². The van der Waals surface area contributed by atoms with E-state index in [4.69, 9.17) is 10.5 Å². The molecule has 0 spiro atoms. The van der Waals surface area contributed by atoms with Crippen molar-refractivity contribution in [2.75, 3.05) is 30.3 Å². The number of nitrogen functional groups attached to an aromatic ring is 1. The molecule has 6 heteroatoms. The Morgan fingerprint density at radius 1 is 1.35 bits per heavy atom. The van der Waals surface area contributed by atoms with Crippen LogP contribution >= 0.6 is 11.3 Å². The molecule has 5 nitrogen and oxygen atoms in total. The monoisotopic (exact) mass is 299 g/mol. The second-order valence-electron chi connectivity index (χ2n) is 4.68. The van der Waals surface area contributed by atoms with Crippen LogP contribution in [0.5, 0.6) is 5.75 Å². The van der Waals surface area contributed by atoms with Crippen molar-refractivity contribution in [2.24, 2.45) is 0 Å². The molecular formula is C14H25N3O2S. The van der Waals surface area contributed by atoms with Crippen LogP contribution in [-0.4, -0.2) is 31.6 Å². The standard InChI is InChI=1S/C14H25N3O2S/c1-6-16-13(18)12-10(15)11(19-9(4)5)14(20-12)17(7-2)8-3/h9H,6-8,15H2,1-5H3,(H,16,18). The van der Waals surface area contributed by atoms with Crippen LogP contribution < -0.4 is 20.7 Å². The first-order valence-electron chi connectivity index (χ1n) is 7.08. The number of thiophene rings is 1. The molecule has 0 fully saturated rings. The number of rotatable bonds is 7. The summed E-state index contributed by atoms with van der Waals surface area (Å²) in [6, 6.07) is 0. The van der Waals surface area contributed by atoms with Crippen molar-refractivity contribution in [1.82, 2.24) is 5.32 Å². The van der Waals surface area contributed by atoms with E-state index in [-0.39, 0.29) is 12.0 Å². The summed E-state index contributed by atoms with van der Waals surface area (Å²) in [4.78, 5) is 14.7. The molecule has 0 aliphatic carbocycles. The lowest BCUT2D eigenvalue weighted by atomic mass is 10.3. The quantitative estimate of drug-likeness (QED) is 0.812. The first kappa shape index (κ1) is 16.6. The van der Waals surface area contributed by atoms with Crippen LogP contribution in [-0.2, 0) is 0 Å². The Balaban J connectivity index is 3.26. The van der Waals surface area contributed by atoms with Crippen molar-refractivity contribution in [2.45, 2.75) is 40.7 Å². The second-order valence-corrected chi connectivity index (χ2v) is 5.68. The highest BCUT2D eigenvalue weighted by atomic mass is 32.1. The zero-order valence-electron chi connectivity index (χ0n) is 12.9. The largest absolute Gasteiger partial charge is 0.486 e. The van der Waals surface area contributed by atoms with Gasteiger partial charge in [0.25, 0.3) is 5.91 Å². The number of nitrogens with two attached hydrogens (primary N) is 1. The Morgan fingerprint density at radius 2 is 1.95 bits per heavy atom. The number of anilines is 2. The summed E-state index contributed by atoms with van der Waals surface area (Å²) in [6.45, 7) is 12.2. The molecule has 0 saturated heterocycles. The molecule has 0 saturated carbocycles. The van der Waals surface area contributed by atoms with Crippen LogP contribution in [0.3, 0.4) is 0 Å². The maximum atomic E-state index is 12.1. The number of nitrogens with zero attached hydrogens (tertiary/aromatic N) is 1.